The molecule has 0 atom stereocenters. The molecule has 0 radical (unpaired) electrons. The van der Waals surface area contributed by atoms with Crippen molar-refractivity contribution < 1.29 is 0 Å². The van der Waals surface area contributed by atoms with E-state index in [0.29, 0.717) is 5.41 Å². The Balaban J connectivity index is 2.16. The fourth-order valence-electron chi connectivity index (χ4n) is 1.76. The number of hydrogen-bond donors (Lipinski definition) is 0. The summed E-state index contributed by atoms with van der Waals surface area (Å²) in [7, 11) is 0. The van der Waals surface area contributed by atoms with E-state index >= 15 is 0 Å². The van der Waals surface area contributed by atoms with Gasteiger partial charge in [0, 0.05) is 12.8 Å². The first-order valence-electron chi connectivity index (χ1n) is 5.54. The standard InChI is InChI=1S/C13H22/c1-13(2,3)11-7-6-10-12-8-4-5-9-12/h12H,4-5,8-11H2,1-3H3. The average Bonchev–Trinajstić information content (AvgIpc) is 2.48. The van der Waals surface area contributed by atoms with E-state index in [-0.39, 0.29) is 0 Å². The molecule has 0 amide bonds. The molecule has 1 saturated carbocycles. The van der Waals surface area contributed by atoms with Crippen molar-refractivity contribution in [3.63, 3.8) is 0 Å². The largest absolute Gasteiger partial charge is 0.103 e. The lowest BCUT2D eigenvalue weighted by atomic mass is 9.92. The Hall–Kier alpha value is -0.440. The van der Waals surface area contributed by atoms with Gasteiger partial charge in [0.2, 0.25) is 0 Å². The van der Waals surface area contributed by atoms with Gasteiger partial charge in [0.25, 0.3) is 0 Å². The fourth-order valence-corrected chi connectivity index (χ4v) is 1.76. The highest BCUT2D eigenvalue weighted by atomic mass is 14.2. The van der Waals surface area contributed by atoms with E-state index in [1.54, 1.807) is 0 Å². The first kappa shape index (κ1) is 10.6. The highest BCUT2D eigenvalue weighted by Gasteiger charge is 2.13. The van der Waals surface area contributed by atoms with Gasteiger partial charge in [0.05, 0.1) is 0 Å². The molecular weight excluding hydrogens is 156 g/mol. The minimum atomic E-state index is 0.378. The molecule has 0 unspecified atom stereocenters. The Kier molecular flexibility index (Phi) is 3.85. The maximum atomic E-state index is 3.33. The Morgan fingerprint density at radius 3 is 2.23 bits per heavy atom. The molecule has 0 aromatic heterocycles. The molecule has 0 aromatic rings. The summed E-state index contributed by atoms with van der Waals surface area (Å²) < 4.78 is 0. The van der Waals surface area contributed by atoms with Crippen molar-refractivity contribution in [2.45, 2.75) is 59.3 Å². The molecule has 0 saturated heterocycles. The van der Waals surface area contributed by atoms with Crippen LogP contribution in [-0.2, 0) is 0 Å². The van der Waals surface area contributed by atoms with Gasteiger partial charge < -0.3 is 0 Å². The van der Waals surface area contributed by atoms with Gasteiger partial charge in [-0.2, -0.15) is 0 Å². The van der Waals surface area contributed by atoms with Crippen LogP contribution in [0.4, 0.5) is 0 Å². The van der Waals surface area contributed by atoms with E-state index < -0.39 is 0 Å². The Labute approximate surface area is 83.1 Å². The van der Waals surface area contributed by atoms with Crippen LogP contribution in [0.25, 0.3) is 0 Å². The molecular formula is C13H22. The van der Waals surface area contributed by atoms with E-state index in [1.807, 2.05) is 0 Å². The van der Waals surface area contributed by atoms with Gasteiger partial charge in [-0.15, -0.1) is 11.8 Å². The van der Waals surface area contributed by atoms with Crippen LogP contribution in [0.5, 0.6) is 0 Å². The third-order valence-electron chi connectivity index (χ3n) is 2.61. The summed E-state index contributed by atoms with van der Waals surface area (Å²) >= 11 is 0. The Morgan fingerprint density at radius 2 is 1.69 bits per heavy atom. The van der Waals surface area contributed by atoms with Crippen molar-refractivity contribution in [1.29, 1.82) is 0 Å². The summed E-state index contributed by atoms with van der Waals surface area (Å²) in [6.07, 6.45) is 7.90. The van der Waals surface area contributed by atoms with Crippen molar-refractivity contribution in [3.05, 3.63) is 0 Å². The summed E-state index contributed by atoms with van der Waals surface area (Å²) in [5.74, 6) is 7.56. The zero-order valence-electron chi connectivity index (χ0n) is 9.32. The van der Waals surface area contributed by atoms with Gasteiger partial charge in [0.1, 0.15) is 0 Å². The topological polar surface area (TPSA) is 0 Å². The van der Waals surface area contributed by atoms with Gasteiger partial charge in [-0.3, -0.25) is 0 Å². The lowest BCUT2D eigenvalue weighted by Crippen LogP contribution is -2.02. The van der Waals surface area contributed by atoms with Crippen molar-refractivity contribution in [1.82, 2.24) is 0 Å². The highest BCUT2D eigenvalue weighted by Crippen LogP contribution is 2.27. The van der Waals surface area contributed by atoms with E-state index in [1.165, 1.54) is 25.7 Å². The van der Waals surface area contributed by atoms with Crippen LogP contribution in [0.1, 0.15) is 59.3 Å². The monoisotopic (exact) mass is 178 g/mol. The van der Waals surface area contributed by atoms with Crippen molar-refractivity contribution in [2.24, 2.45) is 11.3 Å². The normalized spacial score (nSPS) is 18.4. The van der Waals surface area contributed by atoms with Crippen LogP contribution < -0.4 is 0 Å². The summed E-state index contributed by atoms with van der Waals surface area (Å²) in [6, 6.07) is 0. The summed E-state index contributed by atoms with van der Waals surface area (Å²) in [6.45, 7) is 6.74. The van der Waals surface area contributed by atoms with E-state index in [4.69, 9.17) is 0 Å². The van der Waals surface area contributed by atoms with E-state index in [0.717, 1.165) is 18.8 Å². The first-order valence-corrected chi connectivity index (χ1v) is 5.54. The molecule has 0 nitrogen and oxygen atoms in total. The second kappa shape index (κ2) is 4.70. The van der Waals surface area contributed by atoms with Crippen LogP contribution in [-0.4, -0.2) is 0 Å². The summed E-state index contributed by atoms with van der Waals surface area (Å²) in [5.41, 5.74) is 0.378. The lowest BCUT2D eigenvalue weighted by Gasteiger charge is -2.12. The Bertz CT molecular complexity index is 190. The maximum absolute atomic E-state index is 3.33. The van der Waals surface area contributed by atoms with Crippen molar-refractivity contribution in [3.8, 4) is 11.8 Å². The van der Waals surface area contributed by atoms with E-state index in [2.05, 4.69) is 32.6 Å². The molecule has 1 aliphatic carbocycles. The molecule has 1 aliphatic rings. The molecule has 13 heavy (non-hydrogen) atoms. The van der Waals surface area contributed by atoms with Crippen LogP contribution in [0.2, 0.25) is 0 Å². The molecule has 0 aromatic carbocycles. The predicted molar refractivity (Wildman–Crippen MR) is 58.4 cm³/mol. The third kappa shape index (κ3) is 4.98. The highest BCUT2D eigenvalue weighted by molar-refractivity contribution is 5.02. The SMILES string of the molecule is CC(C)(C)CC#CCC1CCCC1. The third-order valence-corrected chi connectivity index (χ3v) is 2.61. The molecule has 0 N–H and O–H groups in total. The van der Waals surface area contributed by atoms with Gasteiger partial charge in [-0.25, -0.2) is 0 Å². The molecule has 1 fully saturated rings. The van der Waals surface area contributed by atoms with Crippen LogP contribution in [0.3, 0.4) is 0 Å². The van der Waals surface area contributed by atoms with Gasteiger partial charge in [-0.1, -0.05) is 33.6 Å². The first-order chi connectivity index (χ1) is 6.08. The zero-order chi connectivity index (χ0) is 9.73. The molecule has 0 bridgehead atoms. The van der Waals surface area contributed by atoms with Crippen LogP contribution in [0, 0.1) is 23.2 Å². The molecule has 0 spiro atoms. The van der Waals surface area contributed by atoms with Gasteiger partial charge in [0.15, 0.2) is 0 Å². The summed E-state index contributed by atoms with van der Waals surface area (Å²) in [4.78, 5) is 0. The van der Waals surface area contributed by atoms with Crippen LogP contribution in [0.15, 0.2) is 0 Å². The van der Waals surface area contributed by atoms with Crippen molar-refractivity contribution >= 4 is 0 Å². The minimum Gasteiger partial charge on any atom is -0.103 e. The smallest absolute Gasteiger partial charge is 0.0137 e. The average molecular weight is 178 g/mol. The zero-order valence-corrected chi connectivity index (χ0v) is 9.32. The number of rotatable bonds is 1. The lowest BCUT2D eigenvalue weighted by molar-refractivity contribution is 0.427. The molecule has 0 heterocycles. The Morgan fingerprint density at radius 1 is 1.08 bits per heavy atom. The molecule has 1 rings (SSSR count). The molecule has 0 aliphatic heterocycles. The second-order valence-corrected chi connectivity index (χ2v) is 5.45. The van der Waals surface area contributed by atoms with E-state index in [9.17, 15) is 0 Å². The minimum absolute atomic E-state index is 0.378. The predicted octanol–water partition coefficient (Wildman–Crippen LogP) is 4.01. The summed E-state index contributed by atoms with van der Waals surface area (Å²) in [5, 5.41) is 0. The molecule has 0 heteroatoms. The number of hydrogen-bond acceptors (Lipinski definition) is 0. The van der Waals surface area contributed by atoms with Crippen molar-refractivity contribution in [2.75, 3.05) is 0 Å². The second-order valence-electron chi connectivity index (χ2n) is 5.45. The maximum Gasteiger partial charge on any atom is 0.0137 e. The van der Waals surface area contributed by atoms with Gasteiger partial charge in [-0.05, 0) is 24.2 Å². The quantitative estimate of drug-likeness (QED) is 0.532. The fraction of sp³-hybridized carbons (Fsp3) is 0.846. The van der Waals surface area contributed by atoms with Crippen LogP contribution >= 0.6 is 0 Å². The van der Waals surface area contributed by atoms with Gasteiger partial charge >= 0.3 is 0 Å². The molecule has 74 valence electrons.